The monoisotopic (exact) mass is 398 g/mol. The van der Waals surface area contributed by atoms with Gasteiger partial charge in [0.05, 0.1) is 12.1 Å². The van der Waals surface area contributed by atoms with E-state index < -0.39 is 0 Å². The van der Waals surface area contributed by atoms with Crippen LogP contribution in [0.4, 0.5) is 11.8 Å². The highest BCUT2D eigenvalue weighted by molar-refractivity contribution is 5.79. The predicted molar refractivity (Wildman–Crippen MR) is 111 cm³/mol. The summed E-state index contributed by atoms with van der Waals surface area (Å²) in [6.07, 6.45) is 4.10. The van der Waals surface area contributed by atoms with Gasteiger partial charge in [-0.2, -0.15) is 4.98 Å². The Morgan fingerprint density at radius 1 is 0.966 bits per heavy atom. The Kier molecular flexibility index (Phi) is 5.69. The number of carbonyl (C=O) groups is 1. The lowest BCUT2D eigenvalue weighted by atomic mass is 10.1. The van der Waals surface area contributed by atoms with Crippen LogP contribution in [0.1, 0.15) is 42.0 Å². The number of anilines is 2. The molecule has 29 heavy (non-hydrogen) atoms. The lowest BCUT2D eigenvalue weighted by molar-refractivity contribution is -0.130. The molecule has 2 aromatic rings. The van der Waals surface area contributed by atoms with E-state index in [0.717, 1.165) is 60.7 Å². The number of hydrogen-bond donors (Lipinski definition) is 0. The standard InChI is InChI=1S/C21H30N6O2/c1-15-13-19(25-7-5-4-6-8-25)23-21(22-15)27-11-9-26(10-12-27)20(28)14-18-16(2)24-29-17(18)3/h13H,4-12,14H2,1-3H3. The summed E-state index contributed by atoms with van der Waals surface area (Å²) in [5.74, 6) is 2.67. The zero-order chi connectivity index (χ0) is 20.4. The van der Waals surface area contributed by atoms with E-state index in [1.165, 1.54) is 19.3 Å². The van der Waals surface area contributed by atoms with Crippen molar-refractivity contribution in [2.45, 2.75) is 46.5 Å². The normalized spacial score (nSPS) is 17.7. The predicted octanol–water partition coefficient (Wildman–Crippen LogP) is 2.27. The average Bonchev–Trinajstić information content (AvgIpc) is 3.06. The van der Waals surface area contributed by atoms with Crippen molar-refractivity contribution < 1.29 is 9.32 Å². The smallest absolute Gasteiger partial charge is 0.227 e. The lowest BCUT2D eigenvalue weighted by Gasteiger charge is -2.35. The van der Waals surface area contributed by atoms with Gasteiger partial charge in [-0.15, -0.1) is 0 Å². The molecule has 1 amide bonds. The van der Waals surface area contributed by atoms with E-state index in [1.807, 2.05) is 25.7 Å². The van der Waals surface area contributed by atoms with E-state index in [0.29, 0.717) is 19.5 Å². The van der Waals surface area contributed by atoms with Gasteiger partial charge in [-0.25, -0.2) is 4.98 Å². The third-order valence-electron chi connectivity index (χ3n) is 5.93. The quantitative estimate of drug-likeness (QED) is 0.782. The van der Waals surface area contributed by atoms with Gasteiger partial charge in [-0.3, -0.25) is 4.79 Å². The van der Waals surface area contributed by atoms with Gasteiger partial charge in [0.1, 0.15) is 11.6 Å². The molecule has 2 aromatic heterocycles. The van der Waals surface area contributed by atoms with Gasteiger partial charge in [0.25, 0.3) is 0 Å². The summed E-state index contributed by atoms with van der Waals surface area (Å²) < 4.78 is 5.18. The van der Waals surface area contributed by atoms with Crippen LogP contribution in [-0.2, 0) is 11.2 Å². The zero-order valence-corrected chi connectivity index (χ0v) is 17.6. The summed E-state index contributed by atoms with van der Waals surface area (Å²) in [5.41, 5.74) is 2.70. The molecular weight excluding hydrogens is 368 g/mol. The van der Waals surface area contributed by atoms with Crippen molar-refractivity contribution in [2.75, 3.05) is 49.1 Å². The summed E-state index contributed by atoms with van der Waals surface area (Å²) in [6.45, 7) is 10.8. The molecule has 0 atom stereocenters. The SMILES string of the molecule is Cc1cc(N2CCCCC2)nc(N2CCN(C(=O)Cc3c(C)noc3C)CC2)n1. The molecule has 0 radical (unpaired) electrons. The molecule has 0 saturated carbocycles. The molecule has 0 aliphatic carbocycles. The van der Waals surface area contributed by atoms with Gasteiger partial charge < -0.3 is 19.2 Å². The number of aromatic nitrogens is 3. The van der Waals surface area contributed by atoms with Crippen LogP contribution in [0, 0.1) is 20.8 Å². The first-order valence-electron chi connectivity index (χ1n) is 10.6. The molecule has 8 nitrogen and oxygen atoms in total. The fourth-order valence-electron chi connectivity index (χ4n) is 4.14. The van der Waals surface area contributed by atoms with Crippen LogP contribution in [-0.4, -0.2) is 65.2 Å². The number of nitrogens with zero attached hydrogens (tertiary/aromatic N) is 6. The van der Waals surface area contributed by atoms with E-state index in [-0.39, 0.29) is 5.91 Å². The second-order valence-electron chi connectivity index (χ2n) is 8.06. The highest BCUT2D eigenvalue weighted by Crippen LogP contribution is 2.22. The Balaban J connectivity index is 1.39. The molecule has 8 heteroatoms. The molecule has 0 N–H and O–H groups in total. The maximum Gasteiger partial charge on any atom is 0.227 e. The second-order valence-corrected chi connectivity index (χ2v) is 8.06. The minimum atomic E-state index is 0.123. The summed E-state index contributed by atoms with van der Waals surface area (Å²) in [4.78, 5) is 28.7. The van der Waals surface area contributed by atoms with E-state index in [1.54, 1.807) is 0 Å². The highest BCUT2D eigenvalue weighted by atomic mass is 16.5. The Morgan fingerprint density at radius 3 is 2.34 bits per heavy atom. The van der Waals surface area contributed by atoms with Crippen molar-refractivity contribution in [2.24, 2.45) is 0 Å². The molecule has 2 aliphatic heterocycles. The second kappa shape index (κ2) is 8.39. The summed E-state index contributed by atoms with van der Waals surface area (Å²) >= 11 is 0. The van der Waals surface area contributed by atoms with Crippen molar-refractivity contribution in [3.8, 4) is 0 Å². The van der Waals surface area contributed by atoms with Crippen molar-refractivity contribution in [1.29, 1.82) is 0 Å². The molecule has 156 valence electrons. The van der Waals surface area contributed by atoms with Crippen LogP contribution in [0.15, 0.2) is 10.6 Å². The van der Waals surface area contributed by atoms with Crippen LogP contribution in [0.25, 0.3) is 0 Å². The lowest BCUT2D eigenvalue weighted by Crippen LogP contribution is -2.49. The van der Waals surface area contributed by atoms with Gasteiger partial charge >= 0.3 is 0 Å². The summed E-state index contributed by atoms with van der Waals surface area (Å²) in [5, 5.41) is 3.95. The Bertz CT molecular complexity index is 847. The summed E-state index contributed by atoms with van der Waals surface area (Å²) in [6, 6.07) is 2.08. The molecule has 2 fully saturated rings. The third-order valence-corrected chi connectivity index (χ3v) is 5.93. The Hall–Kier alpha value is -2.64. The number of carbonyl (C=O) groups excluding carboxylic acids is 1. The van der Waals surface area contributed by atoms with Crippen molar-refractivity contribution >= 4 is 17.7 Å². The molecule has 0 unspecified atom stereocenters. The molecule has 0 aromatic carbocycles. The average molecular weight is 399 g/mol. The van der Waals surface area contributed by atoms with E-state index >= 15 is 0 Å². The van der Waals surface area contributed by atoms with Crippen molar-refractivity contribution in [3.63, 3.8) is 0 Å². The van der Waals surface area contributed by atoms with Crippen LogP contribution in [0.3, 0.4) is 0 Å². The van der Waals surface area contributed by atoms with E-state index in [4.69, 9.17) is 9.51 Å². The number of amides is 1. The number of aryl methyl sites for hydroxylation is 3. The maximum atomic E-state index is 12.7. The molecular formula is C21H30N6O2. The van der Waals surface area contributed by atoms with E-state index in [9.17, 15) is 4.79 Å². The molecule has 4 rings (SSSR count). The fraction of sp³-hybridized carbons (Fsp3) is 0.619. The van der Waals surface area contributed by atoms with Crippen LogP contribution < -0.4 is 9.80 Å². The molecule has 0 bridgehead atoms. The van der Waals surface area contributed by atoms with Crippen LogP contribution >= 0.6 is 0 Å². The third kappa shape index (κ3) is 4.36. The van der Waals surface area contributed by atoms with Gasteiger partial charge in [-0.1, -0.05) is 5.16 Å². The Labute approximate surface area is 171 Å². The van der Waals surface area contributed by atoms with Gasteiger partial charge in [-0.05, 0) is 40.0 Å². The topological polar surface area (TPSA) is 78.6 Å². The van der Waals surface area contributed by atoms with Crippen LogP contribution in [0.2, 0.25) is 0 Å². The molecule has 2 aliphatic rings. The highest BCUT2D eigenvalue weighted by Gasteiger charge is 2.25. The van der Waals surface area contributed by atoms with Gasteiger partial charge in [0.2, 0.25) is 11.9 Å². The molecule has 4 heterocycles. The first-order valence-corrected chi connectivity index (χ1v) is 10.6. The number of rotatable bonds is 4. The minimum absolute atomic E-state index is 0.123. The minimum Gasteiger partial charge on any atom is -0.361 e. The summed E-state index contributed by atoms with van der Waals surface area (Å²) in [7, 11) is 0. The van der Waals surface area contributed by atoms with Gasteiger partial charge in [0.15, 0.2) is 0 Å². The fourth-order valence-corrected chi connectivity index (χ4v) is 4.14. The Morgan fingerprint density at radius 2 is 1.69 bits per heavy atom. The first-order chi connectivity index (χ1) is 14.0. The largest absolute Gasteiger partial charge is 0.361 e. The molecule has 0 spiro atoms. The van der Waals surface area contributed by atoms with Crippen molar-refractivity contribution in [1.82, 2.24) is 20.0 Å². The van der Waals surface area contributed by atoms with E-state index in [2.05, 4.69) is 26.0 Å². The maximum absolute atomic E-state index is 12.7. The number of piperidine rings is 1. The van der Waals surface area contributed by atoms with Gasteiger partial charge in [0, 0.05) is 56.6 Å². The molecule has 2 saturated heterocycles. The first kappa shape index (κ1) is 19.7. The number of piperazine rings is 1. The number of hydrogen-bond acceptors (Lipinski definition) is 7. The van der Waals surface area contributed by atoms with Crippen LogP contribution in [0.5, 0.6) is 0 Å². The zero-order valence-electron chi connectivity index (χ0n) is 17.6. The van der Waals surface area contributed by atoms with Crippen molar-refractivity contribution in [3.05, 3.63) is 28.8 Å².